The molecule has 0 aromatic heterocycles. The molecule has 2 aromatic carbocycles. The average Bonchev–Trinajstić information content (AvgIpc) is 2.34. The number of aryl methyl sites for hydroxylation is 1. The van der Waals surface area contributed by atoms with Crippen molar-refractivity contribution in [3.63, 3.8) is 0 Å². The number of rotatable bonds is 3. The molecule has 0 aliphatic rings. The average molecular weight is 243 g/mol. The molecule has 0 spiro atoms. The number of carbonyl (C=O) groups is 1. The van der Waals surface area contributed by atoms with Crippen LogP contribution in [0.25, 0.3) is 0 Å². The van der Waals surface area contributed by atoms with Crippen molar-refractivity contribution < 1.29 is 14.6 Å². The van der Waals surface area contributed by atoms with Crippen LogP contribution in [-0.2, 0) is 0 Å². The smallest absolute Gasteiger partial charge is 0.335 e. The van der Waals surface area contributed by atoms with E-state index in [2.05, 4.69) is 0 Å². The van der Waals surface area contributed by atoms with E-state index in [0.29, 0.717) is 17.2 Å². The van der Waals surface area contributed by atoms with Gasteiger partial charge in [-0.2, -0.15) is 0 Å². The largest absolute Gasteiger partial charge is 0.478 e. The van der Waals surface area contributed by atoms with Gasteiger partial charge >= 0.3 is 5.97 Å². The van der Waals surface area contributed by atoms with E-state index in [1.807, 2.05) is 31.2 Å². The van der Waals surface area contributed by atoms with Crippen molar-refractivity contribution in [3.8, 4) is 11.5 Å². The second kappa shape index (κ2) is 4.79. The highest BCUT2D eigenvalue weighted by atomic mass is 16.5. The lowest BCUT2D eigenvalue weighted by Gasteiger charge is -2.09. The fraction of sp³-hybridized carbons (Fsp3) is 0.0714. The number of carboxylic acid groups (broad SMARTS) is 1. The Morgan fingerprint density at radius 1 is 1.17 bits per heavy atom. The molecule has 2 aromatic rings. The molecular weight excluding hydrogens is 230 g/mol. The second-order valence-corrected chi connectivity index (χ2v) is 3.97. The summed E-state index contributed by atoms with van der Waals surface area (Å²) >= 11 is 0. The van der Waals surface area contributed by atoms with Gasteiger partial charge in [0, 0.05) is 0 Å². The predicted octanol–water partition coefficient (Wildman–Crippen LogP) is 3.07. The molecule has 0 heterocycles. The molecule has 4 nitrogen and oxygen atoms in total. The van der Waals surface area contributed by atoms with Crippen molar-refractivity contribution in [1.82, 2.24) is 0 Å². The van der Waals surface area contributed by atoms with Crippen LogP contribution in [0.15, 0.2) is 42.5 Å². The van der Waals surface area contributed by atoms with Gasteiger partial charge in [0.05, 0.1) is 11.3 Å². The number of nitrogen functional groups attached to an aromatic ring is 1. The zero-order valence-corrected chi connectivity index (χ0v) is 9.88. The Morgan fingerprint density at radius 3 is 2.39 bits per heavy atom. The molecule has 3 N–H and O–H groups in total. The van der Waals surface area contributed by atoms with Crippen LogP contribution in [0.1, 0.15) is 15.9 Å². The number of carboxylic acids is 1. The van der Waals surface area contributed by atoms with E-state index in [9.17, 15) is 4.79 Å². The zero-order valence-electron chi connectivity index (χ0n) is 9.88. The van der Waals surface area contributed by atoms with Gasteiger partial charge in [0.25, 0.3) is 0 Å². The van der Waals surface area contributed by atoms with Crippen molar-refractivity contribution in [2.45, 2.75) is 6.92 Å². The Morgan fingerprint density at radius 2 is 1.83 bits per heavy atom. The van der Waals surface area contributed by atoms with Crippen LogP contribution in [0, 0.1) is 6.92 Å². The Hall–Kier alpha value is -2.49. The van der Waals surface area contributed by atoms with E-state index >= 15 is 0 Å². The number of anilines is 1. The normalized spacial score (nSPS) is 10.1. The van der Waals surface area contributed by atoms with Gasteiger partial charge in [0.15, 0.2) is 0 Å². The second-order valence-electron chi connectivity index (χ2n) is 3.97. The molecule has 0 aliphatic carbocycles. The van der Waals surface area contributed by atoms with Crippen LogP contribution >= 0.6 is 0 Å². The van der Waals surface area contributed by atoms with Gasteiger partial charge in [0.2, 0.25) is 0 Å². The molecule has 0 atom stereocenters. The molecule has 2 rings (SSSR count). The lowest BCUT2D eigenvalue weighted by atomic mass is 10.2. The quantitative estimate of drug-likeness (QED) is 0.812. The molecule has 0 saturated heterocycles. The number of benzene rings is 2. The molecule has 0 aliphatic heterocycles. The monoisotopic (exact) mass is 243 g/mol. The van der Waals surface area contributed by atoms with Gasteiger partial charge in [-0.05, 0) is 37.3 Å². The molecule has 4 heteroatoms. The van der Waals surface area contributed by atoms with Crippen LogP contribution in [-0.4, -0.2) is 11.1 Å². The Bertz CT molecular complexity index is 576. The Labute approximate surface area is 105 Å². The summed E-state index contributed by atoms with van der Waals surface area (Å²) < 4.78 is 5.58. The van der Waals surface area contributed by atoms with Gasteiger partial charge in [-0.25, -0.2) is 4.79 Å². The van der Waals surface area contributed by atoms with Gasteiger partial charge in [0.1, 0.15) is 11.5 Å². The van der Waals surface area contributed by atoms with Gasteiger partial charge in [-0.1, -0.05) is 17.7 Å². The van der Waals surface area contributed by atoms with E-state index in [4.69, 9.17) is 15.6 Å². The third-order valence-electron chi connectivity index (χ3n) is 2.51. The third-order valence-corrected chi connectivity index (χ3v) is 2.51. The minimum atomic E-state index is -1.01. The first kappa shape index (κ1) is 12.0. The fourth-order valence-corrected chi connectivity index (χ4v) is 1.51. The molecule has 0 fully saturated rings. The highest BCUT2D eigenvalue weighted by Gasteiger charge is 2.07. The van der Waals surface area contributed by atoms with E-state index < -0.39 is 5.97 Å². The van der Waals surface area contributed by atoms with Crippen molar-refractivity contribution in [2.24, 2.45) is 0 Å². The summed E-state index contributed by atoms with van der Waals surface area (Å²) in [5, 5.41) is 8.82. The number of hydrogen-bond donors (Lipinski definition) is 2. The lowest BCUT2D eigenvalue weighted by molar-refractivity contribution is 0.0697. The molecule has 92 valence electrons. The van der Waals surface area contributed by atoms with Crippen LogP contribution in [0.3, 0.4) is 0 Å². The van der Waals surface area contributed by atoms with Crippen LogP contribution in [0.2, 0.25) is 0 Å². The van der Waals surface area contributed by atoms with Crippen LogP contribution < -0.4 is 10.5 Å². The minimum Gasteiger partial charge on any atom is -0.478 e. The summed E-state index contributed by atoms with van der Waals surface area (Å²) in [6.07, 6.45) is 0. The first-order valence-electron chi connectivity index (χ1n) is 5.43. The van der Waals surface area contributed by atoms with Crippen LogP contribution in [0.5, 0.6) is 11.5 Å². The maximum Gasteiger partial charge on any atom is 0.335 e. The van der Waals surface area contributed by atoms with Crippen LogP contribution in [0.4, 0.5) is 5.69 Å². The molecule has 0 amide bonds. The number of ether oxygens (including phenoxy) is 1. The van der Waals surface area contributed by atoms with E-state index in [1.165, 1.54) is 12.1 Å². The molecule has 0 saturated carbocycles. The maximum atomic E-state index is 10.8. The SMILES string of the molecule is Cc1ccc(Oc2ccc(C(=O)O)cc2N)cc1. The standard InChI is InChI=1S/C14H13NO3/c1-9-2-5-11(6-3-9)18-13-7-4-10(14(16)17)8-12(13)15/h2-8H,15H2,1H3,(H,16,17). The molecule has 0 radical (unpaired) electrons. The topological polar surface area (TPSA) is 72.5 Å². The van der Waals surface area contributed by atoms with Crippen molar-refractivity contribution in [1.29, 1.82) is 0 Å². The Kier molecular flexibility index (Phi) is 3.19. The Balaban J connectivity index is 2.24. The molecule has 18 heavy (non-hydrogen) atoms. The summed E-state index contributed by atoms with van der Waals surface area (Å²) in [7, 11) is 0. The number of nitrogens with two attached hydrogens (primary N) is 1. The van der Waals surface area contributed by atoms with Gasteiger partial charge in [-0.3, -0.25) is 0 Å². The first-order valence-corrected chi connectivity index (χ1v) is 5.43. The summed E-state index contributed by atoms with van der Waals surface area (Å²) in [6, 6.07) is 11.9. The fourth-order valence-electron chi connectivity index (χ4n) is 1.51. The summed E-state index contributed by atoms with van der Waals surface area (Å²) in [5.41, 5.74) is 7.33. The van der Waals surface area contributed by atoms with Crippen molar-refractivity contribution >= 4 is 11.7 Å². The summed E-state index contributed by atoms with van der Waals surface area (Å²) in [5.74, 6) is 0.0998. The van der Waals surface area contributed by atoms with Crippen molar-refractivity contribution in [2.75, 3.05) is 5.73 Å². The summed E-state index contributed by atoms with van der Waals surface area (Å²) in [4.78, 5) is 10.8. The van der Waals surface area contributed by atoms with Crippen molar-refractivity contribution in [3.05, 3.63) is 53.6 Å². The number of hydrogen-bond acceptors (Lipinski definition) is 3. The highest BCUT2D eigenvalue weighted by Crippen LogP contribution is 2.28. The van der Waals surface area contributed by atoms with E-state index in [-0.39, 0.29) is 5.56 Å². The minimum absolute atomic E-state index is 0.142. The predicted molar refractivity (Wildman–Crippen MR) is 69.1 cm³/mol. The summed E-state index contributed by atoms with van der Waals surface area (Å²) in [6.45, 7) is 1.99. The van der Waals surface area contributed by atoms with E-state index in [1.54, 1.807) is 6.07 Å². The molecule has 0 bridgehead atoms. The molecule has 0 unspecified atom stereocenters. The number of aromatic carboxylic acids is 1. The third kappa shape index (κ3) is 2.60. The molecular formula is C14H13NO3. The van der Waals surface area contributed by atoms with Gasteiger partial charge in [-0.15, -0.1) is 0 Å². The van der Waals surface area contributed by atoms with E-state index in [0.717, 1.165) is 5.56 Å². The first-order chi connectivity index (χ1) is 8.56. The van der Waals surface area contributed by atoms with Gasteiger partial charge < -0.3 is 15.6 Å². The lowest BCUT2D eigenvalue weighted by Crippen LogP contribution is -1.99. The maximum absolute atomic E-state index is 10.8. The zero-order chi connectivity index (χ0) is 13.1. The highest BCUT2D eigenvalue weighted by molar-refractivity contribution is 5.89.